The number of rotatable bonds is 3. The Morgan fingerprint density at radius 1 is 1.28 bits per heavy atom. The third-order valence-electron chi connectivity index (χ3n) is 3.48. The van der Waals surface area contributed by atoms with Gasteiger partial charge in [0.2, 0.25) is 0 Å². The molecule has 1 fully saturated rings. The Morgan fingerprint density at radius 3 is 2.89 bits per heavy atom. The molecule has 2 aromatic rings. The Bertz CT molecular complexity index is 532. The molecular formula is C14H18N2OS. The second-order valence-corrected chi connectivity index (χ2v) is 5.56. The average molecular weight is 262 g/mol. The maximum absolute atomic E-state index is 5.62. The number of nitrogens with zero attached hydrogens (tertiary/aromatic N) is 1. The molecule has 3 rings (SSSR count). The van der Waals surface area contributed by atoms with Crippen molar-refractivity contribution in [2.24, 2.45) is 0 Å². The van der Waals surface area contributed by atoms with Gasteiger partial charge in [-0.3, -0.25) is 4.90 Å². The molecule has 1 aromatic carbocycles. The van der Waals surface area contributed by atoms with Gasteiger partial charge in [0.1, 0.15) is 5.75 Å². The lowest BCUT2D eigenvalue weighted by Gasteiger charge is -2.27. The van der Waals surface area contributed by atoms with Gasteiger partial charge in [0, 0.05) is 48.4 Å². The number of nitrogens with one attached hydrogen (secondary N) is 1. The quantitative estimate of drug-likeness (QED) is 0.918. The van der Waals surface area contributed by atoms with Crippen LogP contribution in [0.15, 0.2) is 23.6 Å². The van der Waals surface area contributed by atoms with E-state index in [1.807, 2.05) is 0 Å². The highest BCUT2D eigenvalue weighted by Gasteiger charge is 2.14. The summed E-state index contributed by atoms with van der Waals surface area (Å²) in [7, 11) is 1.77. The third-order valence-corrected chi connectivity index (χ3v) is 4.36. The van der Waals surface area contributed by atoms with E-state index in [4.69, 9.17) is 4.74 Å². The van der Waals surface area contributed by atoms with Gasteiger partial charge < -0.3 is 10.1 Å². The number of methoxy groups -OCH3 is 1. The summed E-state index contributed by atoms with van der Waals surface area (Å²) in [4.78, 5) is 2.48. The number of thiophene rings is 1. The van der Waals surface area contributed by atoms with E-state index in [1.54, 1.807) is 18.4 Å². The van der Waals surface area contributed by atoms with E-state index in [9.17, 15) is 0 Å². The summed E-state index contributed by atoms with van der Waals surface area (Å²) in [5, 5.41) is 6.76. The van der Waals surface area contributed by atoms with Crippen LogP contribution in [0.5, 0.6) is 5.75 Å². The van der Waals surface area contributed by atoms with Gasteiger partial charge in [0.15, 0.2) is 0 Å². The first-order valence-corrected chi connectivity index (χ1v) is 7.22. The first kappa shape index (κ1) is 12.0. The minimum Gasteiger partial charge on any atom is -0.496 e. The lowest BCUT2D eigenvalue weighted by molar-refractivity contribution is 0.230. The van der Waals surface area contributed by atoms with Crippen LogP contribution >= 0.6 is 11.3 Å². The van der Waals surface area contributed by atoms with Crippen LogP contribution in [0.25, 0.3) is 10.1 Å². The van der Waals surface area contributed by atoms with Crippen LogP contribution in [-0.2, 0) is 6.54 Å². The molecule has 0 radical (unpaired) electrons. The maximum Gasteiger partial charge on any atom is 0.132 e. The summed E-state index contributed by atoms with van der Waals surface area (Å²) in [6, 6.07) is 6.57. The van der Waals surface area contributed by atoms with Gasteiger partial charge in [-0.25, -0.2) is 0 Å². The summed E-state index contributed by atoms with van der Waals surface area (Å²) in [6.45, 7) is 5.39. The molecule has 0 unspecified atom stereocenters. The van der Waals surface area contributed by atoms with Crippen molar-refractivity contribution in [2.75, 3.05) is 33.3 Å². The Labute approximate surface area is 111 Å². The molecule has 18 heavy (non-hydrogen) atoms. The highest BCUT2D eigenvalue weighted by atomic mass is 32.1. The topological polar surface area (TPSA) is 24.5 Å². The largest absolute Gasteiger partial charge is 0.496 e. The number of hydrogen-bond donors (Lipinski definition) is 1. The number of ether oxygens (including phenoxy) is 1. The van der Waals surface area contributed by atoms with E-state index < -0.39 is 0 Å². The zero-order valence-corrected chi connectivity index (χ0v) is 11.4. The minimum absolute atomic E-state index is 0.983. The second kappa shape index (κ2) is 5.26. The summed E-state index contributed by atoms with van der Waals surface area (Å²) in [5.74, 6) is 1.05. The van der Waals surface area contributed by atoms with E-state index in [1.165, 1.54) is 15.6 Å². The molecule has 1 N–H and O–H groups in total. The first-order chi connectivity index (χ1) is 8.88. The van der Waals surface area contributed by atoms with Crippen molar-refractivity contribution >= 4 is 21.4 Å². The summed E-state index contributed by atoms with van der Waals surface area (Å²) in [6.07, 6.45) is 0. The molecule has 0 atom stereocenters. The van der Waals surface area contributed by atoms with Crippen LogP contribution in [-0.4, -0.2) is 38.2 Å². The molecule has 0 amide bonds. The maximum atomic E-state index is 5.62. The molecule has 1 saturated heterocycles. The van der Waals surface area contributed by atoms with Crippen molar-refractivity contribution < 1.29 is 4.74 Å². The van der Waals surface area contributed by atoms with Gasteiger partial charge in [-0.1, -0.05) is 6.07 Å². The molecule has 0 bridgehead atoms. The minimum atomic E-state index is 0.983. The molecule has 1 aliphatic rings. The molecule has 0 aliphatic carbocycles. The van der Waals surface area contributed by atoms with Crippen molar-refractivity contribution in [3.8, 4) is 5.75 Å². The van der Waals surface area contributed by atoms with E-state index in [0.717, 1.165) is 38.5 Å². The van der Waals surface area contributed by atoms with Crippen LogP contribution in [0.4, 0.5) is 0 Å². The van der Waals surface area contributed by atoms with Gasteiger partial charge >= 0.3 is 0 Å². The Balaban J connectivity index is 1.90. The first-order valence-electron chi connectivity index (χ1n) is 6.34. The van der Waals surface area contributed by atoms with Crippen LogP contribution in [0.2, 0.25) is 0 Å². The van der Waals surface area contributed by atoms with Crippen molar-refractivity contribution in [2.45, 2.75) is 6.54 Å². The van der Waals surface area contributed by atoms with Crippen LogP contribution < -0.4 is 10.1 Å². The number of piperazine rings is 1. The smallest absolute Gasteiger partial charge is 0.132 e. The van der Waals surface area contributed by atoms with Gasteiger partial charge in [-0.05, 0) is 17.5 Å². The highest BCUT2D eigenvalue weighted by molar-refractivity contribution is 7.17. The fourth-order valence-electron chi connectivity index (χ4n) is 2.54. The normalized spacial score (nSPS) is 17.2. The highest BCUT2D eigenvalue weighted by Crippen LogP contribution is 2.33. The van der Waals surface area contributed by atoms with Gasteiger partial charge in [0.25, 0.3) is 0 Å². The Morgan fingerprint density at radius 2 is 2.11 bits per heavy atom. The fraction of sp³-hybridized carbons (Fsp3) is 0.429. The van der Waals surface area contributed by atoms with Crippen molar-refractivity contribution in [3.63, 3.8) is 0 Å². The number of hydrogen-bond acceptors (Lipinski definition) is 4. The molecule has 3 nitrogen and oxygen atoms in total. The summed E-state index contributed by atoms with van der Waals surface area (Å²) in [5.41, 5.74) is 1.30. The Kier molecular flexibility index (Phi) is 3.50. The van der Waals surface area contributed by atoms with E-state index in [0.29, 0.717) is 0 Å². The molecular weight excluding hydrogens is 244 g/mol. The molecule has 96 valence electrons. The SMILES string of the molecule is COc1c(CN2CCNCC2)ccc2sccc12. The van der Waals surface area contributed by atoms with Crippen LogP contribution in [0.1, 0.15) is 5.56 Å². The van der Waals surface area contributed by atoms with Crippen molar-refractivity contribution in [3.05, 3.63) is 29.1 Å². The van der Waals surface area contributed by atoms with E-state index >= 15 is 0 Å². The molecule has 1 aromatic heterocycles. The zero-order chi connectivity index (χ0) is 12.4. The zero-order valence-electron chi connectivity index (χ0n) is 10.6. The van der Waals surface area contributed by atoms with E-state index in [2.05, 4.69) is 33.8 Å². The lowest BCUT2D eigenvalue weighted by Crippen LogP contribution is -2.42. The fourth-order valence-corrected chi connectivity index (χ4v) is 3.32. The van der Waals surface area contributed by atoms with Crippen LogP contribution in [0.3, 0.4) is 0 Å². The number of fused-ring (bicyclic) bond motifs is 1. The van der Waals surface area contributed by atoms with Crippen molar-refractivity contribution in [1.82, 2.24) is 10.2 Å². The number of benzene rings is 1. The second-order valence-electron chi connectivity index (χ2n) is 4.62. The summed E-state index contributed by atoms with van der Waals surface area (Å²) >= 11 is 1.77. The van der Waals surface area contributed by atoms with E-state index in [-0.39, 0.29) is 0 Å². The molecule has 4 heteroatoms. The van der Waals surface area contributed by atoms with Gasteiger partial charge in [-0.2, -0.15) is 0 Å². The predicted octanol–water partition coefficient (Wildman–Crippen LogP) is 2.32. The standard InChI is InChI=1S/C14H18N2OS/c1-17-14-11(10-16-7-5-15-6-8-16)2-3-13-12(14)4-9-18-13/h2-4,9,15H,5-8,10H2,1H3. The predicted molar refractivity (Wildman–Crippen MR) is 76.5 cm³/mol. The molecule has 0 saturated carbocycles. The van der Waals surface area contributed by atoms with Gasteiger partial charge in [-0.15, -0.1) is 11.3 Å². The van der Waals surface area contributed by atoms with Gasteiger partial charge in [0.05, 0.1) is 7.11 Å². The third kappa shape index (κ3) is 2.23. The monoisotopic (exact) mass is 262 g/mol. The molecule has 1 aliphatic heterocycles. The molecule has 0 spiro atoms. The van der Waals surface area contributed by atoms with Crippen molar-refractivity contribution in [1.29, 1.82) is 0 Å². The Hall–Kier alpha value is -1.10. The van der Waals surface area contributed by atoms with Crippen LogP contribution in [0, 0.1) is 0 Å². The molecule has 2 heterocycles. The summed E-state index contributed by atoms with van der Waals surface area (Å²) < 4.78 is 6.92. The lowest BCUT2D eigenvalue weighted by atomic mass is 10.1. The average Bonchev–Trinajstić information content (AvgIpc) is 2.88.